The van der Waals surface area contributed by atoms with Crippen LogP contribution in [0.2, 0.25) is 0 Å². The van der Waals surface area contributed by atoms with Crippen LogP contribution in [0.25, 0.3) is 0 Å². The van der Waals surface area contributed by atoms with Gasteiger partial charge in [0.2, 0.25) is 0 Å². The first-order chi connectivity index (χ1) is 4.98. The fourth-order valence-electron chi connectivity index (χ4n) is 0.481. The Morgan fingerprint density at radius 3 is 2.55 bits per heavy atom. The molecule has 0 saturated heterocycles. The van der Waals surface area contributed by atoms with E-state index in [-0.39, 0.29) is 0 Å². The Bertz CT molecular complexity index is 197. The second-order valence-corrected chi connectivity index (χ2v) is 7.94. The third-order valence-electron chi connectivity index (χ3n) is 1.04. The first kappa shape index (κ1) is 11.1. The third kappa shape index (κ3) is 6.50. The van der Waals surface area contributed by atoms with Crippen molar-refractivity contribution in [1.29, 1.82) is 5.26 Å². The van der Waals surface area contributed by atoms with Crippen LogP contribution >= 0.6 is 6.26 Å². The van der Waals surface area contributed by atoms with Gasteiger partial charge in [0.05, 0.1) is 25.1 Å². The molecule has 0 aromatic heterocycles. The Kier molecular flexibility index (Phi) is 4.92. The minimum absolute atomic E-state index is 0.384. The molecule has 0 aliphatic carbocycles. The summed E-state index contributed by atoms with van der Waals surface area (Å²) in [5.41, 5.74) is 0. The van der Waals surface area contributed by atoms with E-state index in [4.69, 9.17) is 21.6 Å². The van der Waals surface area contributed by atoms with Crippen molar-refractivity contribution in [3.63, 3.8) is 0 Å². The molecule has 0 rings (SSSR count). The fraction of sp³-hybridized carbons (Fsp3) is 0.857. The lowest BCUT2D eigenvalue weighted by molar-refractivity contribution is 0.299. The maximum atomic E-state index is 8.40. The molecule has 1 unspecified atom stereocenters. The Balaban J connectivity index is 3.76. The van der Waals surface area contributed by atoms with Crippen LogP contribution in [0.5, 0.6) is 0 Å². The summed E-state index contributed by atoms with van der Waals surface area (Å²) in [7, 11) is 0. The minimum atomic E-state index is -1.77. The van der Waals surface area contributed by atoms with Crippen molar-refractivity contribution in [3.05, 3.63) is 0 Å². The number of hydrogen-bond donors (Lipinski definition) is 0. The van der Waals surface area contributed by atoms with E-state index in [9.17, 15) is 0 Å². The first-order valence-electron chi connectivity index (χ1n) is 3.56. The van der Waals surface area contributed by atoms with Crippen LogP contribution in [0.3, 0.4) is 0 Å². The molecule has 0 spiro atoms. The molecule has 0 fully saturated rings. The summed E-state index contributed by atoms with van der Waals surface area (Å²) in [6.45, 7) is 6.69. The van der Waals surface area contributed by atoms with E-state index in [2.05, 4.69) is 19.9 Å². The van der Waals surface area contributed by atoms with Gasteiger partial charge in [0.15, 0.2) is 0 Å². The Morgan fingerprint density at radius 1 is 1.64 bits per heavy atom. The second kappa shape index (κ2) is 4.87. The van der Waals surface area contributed by atoms with Gasteiger partial charge in [0.1, 0.15) is 0 Å². The summed E-state index contributed by atoms with van der Waals surface area (Å²) in [5.74, 6) is 0.496. The molecular weight excluding hydrogens is 177 g/mol. The number of nitriles is 1. The van der Waals surface area contributed by atoms with Crippen molar-refractivity contribution in [1.82, 2.24) is 0 Å². The molecule has 0 bridgehead atoms. The van der Waals surface area contributed by atoms with Crippen molar-refractivity contribution in [3.8, 4) is 6.07 Å². The maximum Gasteiger partial charge on any atom is 0.0865 e. The molecule has 64 valence electrons. The highest BCUT2D eigenvalue weighted by Gasteiger charge is 2.10. The summed E-state index contributed by atoms with van der Waals surface area (Å²) in [6, 6.07) is 2.05. The second-order valence-electron chi connectivity index (χ2n) is 3.02. The van der Waals surface area contributed by atoms with Crippen molar-refractivity contribution in [2.45, 2.75) is 13.8 Å². The molecule has 0 amide bonds. The summed E-state index contributed by atoms with van der Waals surface area (Å²) in [4.78, 5) is 0. The molecule has 0 saturated carbocycles. The summed E-state index contributed by atoms with van der Waals surface area (Å²) in [6.07, 6.45) is -1.39. The molecule has 0 radical (unpaired) electrons. The molecule has 0 aromatic rings. The molecule has 0 aliphatic heterocycles. The van der Waals surface area contributed by atoms with E-state index >= 15 is 0 Å². The standard InChI is InChI=1S/C7H14NOPS/c1-7(2)6-9-10(3,11)5-4-8/h7H,5-6H2,1-3H3. The molecule has 4 heteroatoms. The maximum absolute atomic E-state index is 8.40. The van der Waals surface area contributed by atoms with Gasteiger partial charge in [-0.25, -0.2) is 0 Å². The van der Waals surface area contributed by atoms with Gasteiger partial charge in [-0.1, -0.05) is 25.7 Å². The molecular formula is C7H14NOPS. The van der Waals surface area contributed by atoms with Crippen LogP contribution in [0.15, 0.2) is 0 Å². The fourth-order valence-corrected chi connectivity index (χ4v) is 1.80. The van der Waals surface area contributed by atoms with Gasteiger partial charge in [0, 0.05) is 0 Å². The number of hydrogen-bond acceptors (Lipinski definition) is 3. The lowest BCUT2D eigenvalue weighted by Gasteiger charge is -2.15. The lowest BCUT2D eigenvalue weighted by atomic mass is 10.2. The molecule has 0 aliphatic rings. The van der Waals surface area contributed by atoms with Crippen LogP contribution in [0.1, 0.15) is 13.8 Å². The van der Waals surface area contributed by atoms with Crippen LogP contribution in [-0.4, -0.2) is 19.4 Å². The predicted octanol–water partition coefficient (Wildman–Crippen LogP) is 2.21. The van der Waals surface area contributed by atoms with Crippen LogP contribution in [0.4, 0.5) is 0 Å². The van der Waals surface area contributed by atoms with E-state index in [0.717, 1.165) is 0 Å². The van der Waals surface area contributed by atoms with E-state index < -0.39 is 6.26 Å². The van der Waals surface area contributed by atoms with E-state index in [1.807, 2.05) is 6.66 Å². The van der Waals surface area contributed by atoms with Crippen molar-refractivity contribution in [2.24, 2.45) is 5.92 Å². The van der Waals surface area contributed by atoms with Gasteiger partial charge in [-0.2, -0.15) is 5.26 Å². The number of rotatable bonds is 4. The molecule has 1 atom stereocenters. The summed E-state index contributed by atoms with van der Waals surface area (Å²) in [5, 5.41) is 8.40. The quantitative estimate of drug-likeness (QED) is 0.639. The zero-order valence-electron chi connectivity index (χ0n) is 7.20. The molecule has 11 heavy (non-hydrogen) atoms. The van der Waals surface area contributed by atoms with Crippen LogP contribution in [-0.2, 0) is 16.3 Å². The topological polar surface area (TPSA) is 33.0 Å². The summed E-state index contributed by atoms with van der Waals surface area (Å²) >= 11 is 5.13. The SMILES string of the molecule is CC(C)COP(C)(=S)CC#N. The van der Waals surface area contributed by atoms with Crippen molar-refractivity contribution < 1.29 is 4.52 Å². The highest BCUT2D eigenvalue weighted by Crippen LogP contribution is 2.42. The van der Waals surface area contributed by atoms with Crippen LogP contribution in [0, 0.1) is 17.2 Å². The Labute approximate surface area is 73.6 Å². The zero-order valence-corrected chi connectivity index (χ0v) is 8.91. The normalized spacial score (nSPS) is 15.9. The largest absolute Gasteiger partial charge is 0.350 e. The van der Waals surface area contributed by atoms with Crippen LogP contribution < -0.4 is 0 Å². The predicted molar refractivity (Wildman–Crippen MR) is 51.5 cm³/mol. The van der Waals surface area contributed by atoms with Gasteiger partial charge in [0.25, 0.3) is 0 Å². The highest BCUT2D eigenvalue weighted by molar-refractivity contribution is 8.12. The zero-order chi connectivity index (χ0) is 8.91. The lowest BCUT2D eigenvalue weighted by Crippen LogP contribution is -2.00. The van der Waals surface area contributed by atoms with E-state index in [1.165, 1.54) is 0 Å². The highest BCUT2D eigenvalue weighted by atomic mass is 32.4. The van der Waals surface area contributed by atoms with E-state index in [1.54, 1.807) is 0 Å². The number of nitrogens with zero attached hydrogens (tertiary/aromatic N) is 1. The third-order valence-corrected chi connectivity index (χ3v) is 3.15. The van der Waals surface area contributed by atoms with Gasteiger partial charge in [-0.15, -0.1) is 0 Å². The average molecular weight is 191 g/mol. The molecule has 0 heterocycles. The average Bonchev–Trinajstić information content (AvgIpc) is 1.84. The first-order valence-corrected chi connectivity index (χ1v) is 6.91. The van der Waals surface area contributed by atoms with Gasteiger partial charge in [-0.3, -0.25) is 0 Å². The molecule has 0 aromatic carbocycles. The molecule has 2 nitrogen and oxygen atoms in total. The Hall–Kier alpha value is 0.100. The smallest absolute Gasteiger partial charge is 0.0865 e. The van der Waals surface area contributed by atoms with Gasteiger partial charge < -0.3 is 4.52 Å². The monoisotopic (exact) mass is 191 g/mol. The summed E-state index contributed by atoms with van der Waals surface area (Å²) < 4.78 is 5.43. The van der Waals surface area contributed by atoms with Gasteiger partial charge >= 0.3 is 0 Å². The van der Waals surface area contributed by atoms with Crippen molar-refractivity contribution in [2.75, 3.05) is 19.4 Å². The van der Waals surface area contributed by atoms with Gasteiger partial charge in [-0.05, 0) is 12.6 Å². The minimum Gasteiger partial charge on any atom is -0.350 e. The molecule has 0 N–H and O–H groups in total. The van der Waals surface area contributed by atoms with E-state index in [0.29, 0.717) is 18.7 Å². The van der Waals surface area contributed by atoms with Crippen molar-refractivity contribution >= 4 is 18.1 Å². The Morgan fingerprint density at radius 2 is 2.18 bits per heavy atom.